The van der Waals surface area contributed by atoms with Gasteiger partial charge in [0, 0.05) is 24.5 Å². The molecule has 0 aromatic heterocycles. The molecule has 0 aliphatic carbocycles. The van der Waals surface area contributed by atoms with Crippen molar-refractivity contribution in [2.24, 2.45) is 0 Å². The van der Waals surface area contributed by atoms with E-state index < -0.39 is 0 Å². The molecule has 0 amide bonds. The minimum Gasteiger partial charge on any atom is -0.493 e. The number of hydrogen-bond donors (Lipinski definition) is 1. The Balaban J connectivity index is 2.51. The van der Waals surface area contributed by atoms with Crippen molar-refractivity contribution in [2.45, 2.75) is 26.2 Å². The van der Waals surface area contributed by atoms with Crippen molar-refractivity contribution in [3.05, 3.63) is 28.8 Å². The first-order chi connectivity index (χ1) is 6.74. The van der Waals surface area contributed by atoms with Gasteiger partial charge in [0.25, 0.3) is 0 Å². The summed E-state index contributed by atoms with van der Waals surface area (Å²) in [7, 11) is 0. The molecule has 2 rings (SSSR count). The predicted octanol–water partition coefficient (Wildman–Crippen LogP) is 2.03. The fourth-order valence-electron chi connectivity index (χ4n) is 2.20. The largest absolute Gasteiger partial charge is 0.493 e. The zero-order valence-corrected chi connectivity index (χ0v) is 8.71. The van der Waals surface area contributed by atoms with Gasteiger partial charge >= 0.3 is 0 Å². The van der Waals surface area contributed by atoms with E-state index in [2.05, 4.69) is 19.9 Å². The second kappa shape index (κ2) is 3.62. The van der Waals surface area contributed by atoms with Crippen LogP contribution in [0, 0.1) is 6.92 Å². The number of fused-ring (bicyclic) bond motifs is 1. The average molecular weight is 192 g/mol. The summed E-state index contributed by atoms with van der Waals surface area (Å²) < 4.78 is 5.51. The predicted molar refractivity (Wildman–Crippen MR) is 55.9 cm³/mol. The molecule has 0 radical (unpaired) electrons. The highest BCUT2D eigenvalue weighted by molar-refractivity contribution is 5.48. The van der Waals surface area contributed by atoms with Crippen LogP contribution in [0.25, 0.3) is 0 Å². The lowest BCUT2D eigenvalue weighted by Gasteiger charge is -2.15. The number of aliphatic hydroxyl groups is 1. The zero-order chi connectivity index (χ0) is 10.1. The van der Waals surface area contributed by atoms with Crippen molar-refractivity contribution >= 4 is 0 Å². The summed E-state index contributed by atoms with van der Waals surface area (Å²) in [6.45, 7) is 5.14. The van der Waals surface area contributed by atoms with Gasteiger partial charge in [0.1, 0.15) is 5.75 Å². The standard InChI is InChI=1S/C12H16O2/c1-8-3-4-11-10(5-6-14-11)12(8)9(2)7-13/h3-4,9,13H,5-7H2,1-2H3. The molecule has 1 heterocycles. The number of ether oxygens (including phenoxy) is 1. The molecule has 1 aliphatic rings. The van der Waals surface area contributed by atoms with E-state index in [1.807, 2.05) is 6.07 Å². The number of aryl methyl sites for hydroxylation is 1. The topological polar surface area (TPSA) is 29.5 Å². The van der Waals surface area contributed by atoms with Crippen LogP contribution < -0.4 is 4.74 Å². The van der Waals surface area contributed by atoms with Gasteiger partial charge in [-0.05, 0) is 24.1 Å². The van der Waals surface area contributed by atoms with Crippen molar-refractivity contribution in [3.63, 3.8) is 0 Å². The summed E-state index contributed by atoms with van der Waals surface area (Å²) >= 11 is 0. The van der Waals surface area contributed by atoms with Crippen LogP contribution in [0.2, 0.25) is 0 Å². The quantitative estimate of drug-likeness (QED) is 0.776. The monoisotopic (exact) mass is 192 g/mol. The highest BCUT2D eigenvalue weighted by atomic mass is 16.5. The van der Waals surface area contributed by atoms with Gasteiger partial charge in [-0.25, -0.2) is 0 Å². The second-order valence-corrected chi connectivity index (χ2v) is 3.95. The number of benzene rings is 1. The minimum absolute atomic E-state index is 0.206. The first kappa shape index (κ1) is 9.53. The lowest BCUT2D eigenvalue weighted by Crippen LogP contribution is -2.04. The Morgan fingerprint density at radius 3 is 3.00 bits per heavy atom. The molecular weight excluding hydrogens is 176 g/mol. The summed E-state index contributed by atoms with van der Waals surface area (Å²) in [5.41, 5.74) is 3.84. The van der Waals surface area contributed by atoms with E-state index in [0.717, 1.165) is 18.8 Å². The third-order valence-electron chi connectivity index (χ3n) is 2.91. The van der Waals surface area contributed by atoms with Crippen molar-refractivity contribution in [1.29, 1.82) is 0 Å². The molecule has 1 unspecified atom stereocenters. The van der Waals surface area contributed by atoms with Crippen LogP contribution in [0.1, 0.15) is 29.5 Å². The Kier molecular flexibility index (Phi) is 2.46. The maximum atomic E-state index is 9.20. The van der Waals surface area contributed by atoms with Crippen molar-refractivity contribution < 1.29 is 9.84 Å². The lowest BCUT2D eigenvalue weighted by atomic mass is 9.91. The molecule has 0 fully saturated rings. The van der Waals surface area contributed by atoms with E-state index >= 15 is 0 Å². The van der Waals surface area contributed by atoms with Gasteiger partial charge < -0.3 is 9.84 Å². The number of aliphatic hydroxyl groups excluding tert-OH is 1. The molecule has 1 atom stereocenters. The Morgan fingerprint density at radius 2 is 2.29 bits per heavy atom. The van der Waals surface area contributed by atoms with Gasteiger partial charge in [-0.3, -0.25) is 0 Å². The van der Waals surface area contributed by atoms with Gasteiger partial charge in [0.15, 0.2) is 0 Å². The van der Waals surface area contributed by atoms with Crippen LogP contribution in [0.3, 0.4) is 0 Å². The fourth-order valence-corrected chi connectivity index (χ4v) is 2.20. The molecule has 1 N–H and O–H groups in total. The molecule has 1 aliphatic heterocycles. The Labute approximate surface area is 84.5 Å². The van der Waals surface area contributed by atoms with Gasteiger partial charge in [-0.15, -0.1) is 0 Å². The zero-order valence-electron chi connectivity index (χ0n) is 8.71. The minimum atomic E-state index is 0.206. The van der Waals surface area contributed by atoms with Gasteiger partial charge in [0.05, 0.1) is 6.61 Å². The molecule has 14 heavy (non-hydrogen) atoms. The van der Waals surface area contributed by atoms with Gasteiger partial charge in [0.2, 0.25) is 0 Å². The molecular formula is C12H16O2. The van der Waals surface area contributed by atoms with Crippen LogP contribution in [-0.2, 0) is 6.42 Å². The van der Waals surface area contributed by atoms with Crippen LogP contribution in [-0.4, -0.2) is 18.3 Å². The SMILES string of the molecule is Cc1ccc2c(c1C(C)CO)CCO2. The summed E-state index contributed by atoms with van der Waals surface area (Å²) in [6, 6.07) is 4.11. The Hall–Kier alpha value is -1.02. The summed E-state index contributed by atoms with van der Waals surface area (Å²) in [4.78, 5) is 0. The lowest BCUT2D eigenvalue weighted by molar-refractivity contribution is 0.272. The molecule has 0 bridgehead atoms. The smallest absolute Gasteiger partial charge is 0.122 e. The molecule has 0 saturated heterocycles. The molecule has 1 aromatic carbocycles. The fraction of sp³-hybridized carbons (Fsp3) is 0.500. The highest BCUT2D eigenvalue weighted by Crippen LogP contribution is 2.34. The van der Waals surface area contributed by atoms with Crippen molar-refractivity contribution in [3.8, 4) is 5.75 Å². The van der Waals surface area contributed by atoms with Crippen LogP contribution in [0.4, 0.5) is 0 Å². The Morgan fingerprint density at radius 1 is 1.50 bits per heavy atom. The summed E-state index contributed by atoms with van der Waals surface area (Å²) in [5, 5.41) is 9.20. The summed E-state index contributed by atoms with van der Waals surface area (Å²) in [6.07, 6.45) is 0.983. The normalized spacial score (nSPS) is 16.2. The van der Waals surface area contributed by atoms with Crippen molar-refractivity contribution in [2.75, 3.05) is 13.2 Å². The first-order valence-corrected chi connectivity index (χ1v) is 5.10. The highest BCUT2D eigenvalue weighted by Gasteiger charge is 2.20. The van der Waals surface area contributed by atoms with E-state index in [1.165, 1.54) is 16.7 Å². The number of rotatable bonds is 2. The summed E-state index contributed by atoms with van der Waals surface area (Å²) in [5.74, 6) is 1.22. The van der Waals surface area contributed by atoms with Crippen LogP contribution >= 0.6 is 0 Å². The average Bonchev–Trinajstić information content (AvgIpc) is 2.64. The third-order valence-corrected chi connectivity index (χ3v) is 2.91. The van der Waals surface area contributed by atoms with Gasteiger partial charge in [-0.1, -0.05) is 13.0 Å². The molecule has 0 spiro atoms. The molecule has 1 aromatic rings. The van der Waals surface area contributed by atoms with E-state index in [4.69, 9.17) is 4.74 Å². The van der Waals surface area contributed by atoms with E-state index in [0.29, 0.717) is 0 Å². The van der Waals surface area contributed by atoms with Crippen LogP contribution in [0.5, 0.6) is 5.75 Å². The first-order valence-electron chi connectivity index (χ1n) is 5.10. The Bertz CT molecular complexity index is 344. The van der Waals surface area contributed by atoms with Crippen LogP contribution in [0.15, 0.2) is 12.1 Å². The van der Waals surface area contributed by atoms with Gasteiger partial charge in [-0.2, -0.15) is 0 Å². The third kappa shape index (κ3) is 1.40. The van der Waals surface area contributed by atoms with Crippen molar-refractivity contribution in [1.82, 2.24) is 0 Å². The molecule has 2 heteroatoms. The second-order valence-electron chi connectivity index (χ2n) is 3.95. The maximum absolute atomic E-state index is 9.20. The molecule has 0 saturated carbocycles. The van der Waals surface area contributed by atoms with E-state index in [1.54, 1.807) is 0 Å². The maximum Gasteiger partial charge on any atom is 0.122 e. The molecule has 2 nitrogen and oxygen atoms in total. The van der Waals surface area contributed by atoms with E-state index in [-0.39, 0.29) is 12.5 Å². The number of hydrogen-bond acceptors (Lipinski definition) is 2. The molecule has 76 valence electrons. The van der Waals surface area contributed by atoms with E-state index in [9.17, 15) is 5.11 Å².